The average Bonchev–Trinajstić information content (AvgIpc) is 2.70. The number of carboxylic acid groups (broad SMARTS) is 1. The highest BCUT2D eigenvalue weighted by Gasteiger charge is 2.24. The van der Waals surface area contributed by atoms with Crippen LogP contribution in [0.4, 0.5) is 5.69 Å². The highest BCUT2D eigenvalue weighted by Crippen LogP contribution is 2.44. The molecule has 0 aliphatic heterocycles. The molecule has 5 heteroatoms. The first-order valence-electron chi connectivity index (χ1n) is 6.25. The second-order valence-corrected chi connectivity index (χ2v) is 6.83. The minimum atomic E-state index is -0.965. The van der Waals surface area contributed by atoms with Gasteiger partial charge >= 0.3 is 5.97 Å². The predicted octanol–water partition coefficient (Wildman–Crippen LogP) is 4.89. The van der Waals surface area contributed by atoms with E-state index in [1.165, 1.54) is 11.3 Å². The highest BCUT2D eigenvalue weighted by molar-refractivity contribution is 9.10. The van der Waals surface area contributed by atoms with Crippen molar-refractivity contribution in [3.8, 4) is 10.4 Å². The van der Waals surface area contributed by atoms with Crippen LogP contribution in [0.3, 0.4) is 0 Å². The molecule has 0 radical (unpaired) electrons. The normalized spacial score (nSPS) is 11.1. The van der Waals surface area contributed by atoms with Gasteiger partial charge in [0.2, 0.25) is 0 Å². The summed E-state index contributed by atoms with van der Waals surface area (Å²) in [6, 6.07) is 5.93. The van der Waals surface area contributed by atoms with E-state index in [1.807, 2.05) is 39.0 Å². The molecule has 106 valence electrons. The van der Waals surface area contributed by atoms with E-state index in [1.54, 1.807) is 0 Å². The molecule has 0 saturated heterocycles. The molecule has 0 aliphatic rings. The number of rotatable bonds is 3. The molecule has 0 unspecified atom stereocenters. The number of carbonyl (C=O) groups is 1. The van der Waals surface area contributed by atoms with Crippen molar-refractivity contribution in [3.63, 3.8) is 0 Å². The van der Waals surface area contributed by atoms with Gasteiger partial charge in [-0.1, -0.05) is 41.9 Å². The summed E-state index contributed by atoms with van der Waals surface area (Å²) in [6.07, 6.45) is 0. The fourth-order valence-electron chi connectivity index (χ4n) is 2.24. The smallest absolute Gasteiger partial charge is 0.348 e. The SMILES string of the molecule is Cc1c(Br)cccc1-c1sc(C(=O)O)c(N)c1C(C)C. The molecule has 0 aliphatic carbocycles. The molecule has 1 heterocycles. The van der Waals surface area contributed by atoms with E-state index >= 15 is 0 Å². The first kappa shape index (κ1) is 15.1. The second-order valence-electron chi connectivity index (χ2n) is 4.96. The number of thiophene rings is 1. The Hall–Kier alpha value is -1.33. The van der Waals surface area contributed by atoms with Crippen molar-refractivity contribution in [3.05, 3.63) is 38.7 Å². The van der Waals surface area contributed by atoms with Crippen molar-refractivity contribution >= 4 is 38.9 Å². The Morgan fingerprint density at radius 3 is 2.60 bits per heavy atom. The van der Waals surface area contributed by atoms with Crippen LogP contribution >= 0.6 is 27.3 Å². The van der Waals surface area contributed by atoms with Crippen LogP contribution in [0.25, 0.3) is 10.4 Å². The van der Waals surface area contributed by atoms with Gasteiger partial charge in [-0.2, -0.15) is 0 Å². The van der Waals surface area contributed by atoms with Crippen molar-refractivity contribution < 1.29 is 9.90 Å². The lowest BCUT2D eigenvalue weighted by Crippen LogP contribution is -2.00. The quantitative estimate of drug-likeness (QED) is 0.825. The zero-order valence-electron chi connectivity index (χ0n) is 11.5. The fraction of sp³-hybridized carbons (Fsp3) is 0.267. The molecule has 0 fully saturated rings. The van der Waals surface area contributed by atoms with Gasteiger partial charge in [-0.05, 0) is 35.6 Å². The number of benzene rings is 1. The van der Waals surface area contributed by atoms with Crippen LogP contribution in [0.5, 0.6) is 0 Å². The standard InChI is InChI=1S/C15H16BrNO2S/c1-7(2)11-12(17)14(15(18)19)20-13(11)9-5-4-6-10(16)8(9)3/h4-7H,17H2,1-3H3,(H,18,19). The first-order chi connectivity index (χ1) is 9.34. The topological polar surface area (TPSA) is 63.3 Å². The lowest BCUT2D eigenvalue weighted by Gasteiger charge is -2.11. The average molecular weight is 354 g/mol. The molecule has 0 saturated carbocycles. The maximum atomic E-state index is 11.3. The minimum Gasteiger partial charge on any atom is -0.477 e. The summed E-state index contributed by atoms with van der Waals surface area (Å²) < 4.78 is 1.01. The van der Waals surface area contributed by atoms with E-state index in [0.717, 1.165) is 26.0 Å². The summed E-state index contributed by atoms with van der Waals surface area (Å²) in [6.45, 7) is 6.07. The van der Waals surface area contributed by atoms with Crippen LogP contribution in [-0.2, 0) is 0 Å². The highest BCUT2D eigenvalue weighted by atomic mass is 79.9. The van der Waals surface area contributed by atoms with Gasteiger partial charge in [-0.15, -0.1) is 11.3 Å². The molecular weight excluding hydrogens is 338 g/mol. The van der Waals surface area contributed by atoms with Crippen LogP contribution in [0.15, 0.2) is 22.7 Å². The van der Waals surface area contributed by atoms with Crippen molar-refractivity contribution in [2.75, 3.05) is 5.73 Å². The molecule has 1 aromatic carbocycles. The number of nitrogens with two attached hydrogens (primary N) is 1. The van der Waals surface area contributed by atoms with Gasteiger partial charge in [0.1, 0.15) is 4.88 Å². The Kier molecular flexibility index (Phi) is 4.20. The van der Waals surface area contributed by atoms with E-state index in [4.69, 9.17) is 5.73 Å². The summed E-state index contributed by atoms with van der Waals surface area (Å²) in [7, 11) is 0. The van der Waals surface area contributed by atoms with Crippen LogP contribution in [0.2, 0.25) is 0 Å². The largest absolute Gasteiger partial charge is 0.477 e. The number of hydrogen-bond donors (Lipinski definition) is 2. The van der Waals surface area contributed by atoms with Crippen molar-refractivity contribution in [2.45, 2.75) is 26.7 Å². The summed E-state index contributed by atoms with van der Waals surface area (Å²) >= 11 is 4.77. The molecular formula is C15H16BrNO2S. The molecule has 3 nitrogen and oxygen atoms in total. The summed E-state index contributed by atoms with van der Waals surface area (Å²) in [5.74, 6) is -0.791. The van der Waals surface area contributed by atoms with Gasteiger partial charge in [0.25, 0.3) is 0 Å². The van der Waals surface area contributed by atoms with E-state index in [2.05, 4.69) is 15.9 Å². The van der Waals surface area contributed by atoms with Crippen LogP contribution in [0, 0.1) is 6.92 Å². The molecule has 3 N–H and O–H groups in total. The zero-order chi connectivity index (χ0) is 15.0. The van der Waals surface area contributed by atoms with Gasteiger partial charge in [-0.3, -0.25) is 0 Å². The maximum absolute atomic E-state index is 11.3. The number of anilines is 1. The fourth-order valence-corrected chi connectivity index (χ4v) is 3.91. The summed E-state index contributed by atoms with van der Waals surface area (Å²) in [5.41, 5.74) is 9.49. The number of hydrogen-bond acceptors (Lipinski definition) is 3. The Bertz CT molecular complexity index is 677. The van der Waals surface area contributed by atoms with Gasteiger partial charge < -0.3 is 10.8 Å². The number of carboxylic acids is 1. The number of aromatic carboxylic acids is 1. The van der Waals surface area contributed by atoms with Crippen LogP contribution in [0.1, 0.15) is 40.6 Å². The molecule has 2 aromatic rings. The molecule has 20 heavy (non-hydrogen) atoms. The van der Waals surface area contributed by atoms with E-state index in [9.17, 15) is 9.90 Å². The predicted molar refractivity (Wildman–Crippen MR) is 87.7 cm³/mol. The molecule has 2 rings (SSSR count). The molecule has 0 amide bonds. The molecule has 0 atom stereocenters. The Morgan fingerprint density at radius 2 is 2.05 bits per heavy atom. The van der Waals surface area contributed by atoms with Crippen molar-refractivity contribution in [1.82, 2.24) is 0 Å². The van der Waals surface area contributed by atoms with Gasteiger partial charge in [0.05, 0.1) is 5.69 Å². The van der Waals surface area contributed by atoms with Crippen LogP contribution < -0.4 is 5.73 Å². The third kappa shape index (κ3) is 2.47. The van der Waals surface area contributed by atoms with Crippen molar-refractivity contribution in [2.24, 2.45) is 0 Å². The zero-order valence-corrected chi connectivity index (χ0v) is 13.9. The molecule has 0 bridgehead atoms. The Labute approximate surface area is 130 Å². The Balaban J connectivity index is 2.76. The van der Waals surface area contributed by atoms with E-state index in [-0.39, 0.29) is 10.8 Å². The third-order valence-electron chi connectivity index (χ3n) is 3.27. The van der Waals surface area contributed by atoms with Gasteiger partial charge in [0.15, 0.2) is 0 Å². The maximum Gasteiger partial charge on any atom is 0.348 e. The summed E-state index contributed by atoms with van der Waals surface area (Å²) in [5, 5.41) is 9.28. The minimum absolute atomic E-state index is 0.174. The first-order valence-corrected chi connectivity index (χ1v) is 7.86. The number of halogens is 1. The molecule has 0 spiro atoms. The monoisotopic (exact) mass is 353 g/mol. The van der Waals surface area contributed by atoms with E-state index in [0.29, 0.717) is 5.69 Å². The third-order valence-corrected chi connectivity index (χ3v) is 5.37. The van der Waals surface area contributed by atoms with Crippen LogP contribution in [-0.4, -0.2) is 11.1 Å². The van der Waals surface area contributed by atoms with Gasteiger partial charge in [0, 0.05) is 9.35 Å². The molecule has 1 aromatic heterocycles. The van der Waals surface area contributed by atoms with E-state index < -0.39 is 5.97 Å². The number of nitrogen functional groups attached to an aromatic ring is 1. The summed E-state index contributed by atoms with van der Waals surface area (Å²) in [4.78, 5) is 12.5. The lowest BCUT2D eigenvalue weighted by atomic mass is 9.96. The lowest BCUT2D eigenvalue weighted by molar-refractivity contribution is 0.0703. The van der Waals surface area contributed by atoms with Gasteiger partial charge in [-0.25, -0.2) is 4.79 Å². The second kappa shape index (κ2) is 5.58. The van der Waals surface area contributed by atoms with Crippen molar-refractivity contribution in [1.29, 1.82) is 0 Å². The Morgan fingerprint density at radius 1 is 1.40 bits per heavy atom.